The molecular weight excluding hydrogens is 212 g/mol. The molecule has 0 saturated heterocycles. The summed E-state index contributed by atoms with van der Waals surface area (Å²) in [4.78, 5) is 11.4. The van der Waals surface area contributed by atoms with Crippen molar-refractivity contribution in [2.75, 3.05) is 0 Å². The molecule has 1 aliphatic rings. The minimum Gasteiger partial charge on any atom is -0.477 e. The summed E-state index contributed by atoms with van der Waals surface area (Å²) in [5, 5.41) is 17.8. The number of nitrogens with zero attached hydrogens (tertiary/aromatic N) is 1. The zero-order valence-corrected chi connectivity index (χ0v) is 8.60. The quantitative estimate of drug-likeness (QED) is 0.771. The van der Waals surface area contributed by atoms with Crippen LogP contribution in [0, 0.1) is 0 Å². The van der Waals surface area contributed by atoms with Gasteiger partial charge < -0.3 is 5.11 Å². The molecule has 76 valence electrons. The Morgan fingerprint density at radius 1 is 1.53 bits per heavy atom. The number of carboxylic acids is 1. The summed E-state index contributed by atoms with van der Waals surface area (Å²) in [7, 11) is 0. The monoisotopic (exact) mass is 220 g/mol. The predicted molar refractivity (Wildman–Crippen MR) is 56.3 cm³/mol. The topological polar surface area (TPSA) is 66.0 Å². The first-order chi connectivity index (χ1) is 7.27. The van der Waals surface area contributed by atoms with Crippen molar-refractivity contribution in [3.8, 4) is 11.3 Å². The molecule has 2 heterocycles. The average Bonchev–Trinajstić information content (AvgIpc) is 2.82. The molecule has 1 aliphatic carbocycles. The lowest BCUT2D eigenvalue weighted by molar-refractivity contribution is 0.0701. The minimum atomic E-state index is -0.829. The Hall–Kier alpha value is -1.62. The highest BCUT2D eigenvalue weighted by atomic mass is 32.1. The Morgan fingerprint density at radius 3 is 3.20 bits per heavy atom. The smallest absolute Gasteiger partial charge is 0.346 e. The molecule has 5 heteroatoms. The van der Waals surface area contributed by atoms with Crippen molar-refractivity contribution in [2.24, 2.45) is 0 Å². The van der Waals surface area contributed by atoms with Crippen molar-refractivity contribution in [1.82, 2.24) is 10.2 Å². The van der Waals surface area contributed by atoms with Crippen LogP contribution < -0.4 is 0 Å². The fourth-order valence-electron chi connectivity index (χ4n) is 2.01. The van der Waals surface area contributed by atoms with Gasteiger partial charge in [0.1, 0.15) is 4.88 Å². The molecule has 4 nitrogen and oxygen atoms in total. The predicted octanol–water partition coefficient (Wildman–Crippen LogP) is 1.94. The average molecular weight is 220 g/mol. The van der Waals surface area contributed by atoms with Crippen LogP contribution in [0.4, 0.5) is 0 Å². The maximum atomic E-state index is 11.0. The number of nitrogens with one attached hydrogen (secondary N) is 1. The number of rotatable bonds is 1. The molecule has 15 heavy (non-hydrogen) atoms. The molecule has 0 saturated carbocycles. The number of thiophene rings is 1. The maximum absolute atomic E-state index is 11.0. The van der Waals surface area contributed by atoms with E-state index >= 15 is 0 Å². The summed E-state index contributed by atoms with van der Waals surface area (Å²) >= 11 is 1.29. The number of hydrogen-bond acceptors (Lipinski definition) is 3. The van der Waals surface area contributed by atoms with Crippen molar-refractivity contribution in [3.63, 3.8) is 0 Å². The Balaban J connectivity index is 2.23. The van der Waals surface area contributed by atoms with Gasteiger partial charge in [-0.1, -0.05) is 0 Å². The van der Waals surface area contributed by atoms with Crippen molar-refractivity contribution >= 4 is 17.3 Å². The Bertz CT molecular complexity index is 541. The van der Waals surface area contributed by atoms with Gasteiger partial charge in [-0.3, -0.25) is 5.10 Å². The summed E-state index contributed by atoms with van der Waals surface area (Å²) in [6, 6.07) is 0. The molecule has 2 N–H and O–H groups in total. The molecule has 2 aromatic rings. The van der Waals surface area contributed by atoms with E-state index in [-0.39, 0.29) is 0 Å². The molecule has 0 unspecified atom stereocenters. The highest BCUT2D eigenvalue weighted by molar-refractivity contribution is 7.12. The summed E-state index contributed by atoms with van der Waals surface area (Å²) in [5.74, 6) is -0.829. The fourth-order valence-corrected chi connectivity index (χ4v) is 2.96. The van der Waals surface area contributed by atoms with Crippen molar-refractivity contribution in [2.45, 2.75) is 12.8 Å². The van der Waals surface area contributed by atoms with Crippen molar-refractivity contribution in [3.05, 3.63) is 27.6 Å². The van der Waals surface area contributed by atoms with Gasteiger partial charge in [0.15, 0.2) is 0 Å². The first-order valence-corrected chi connectivity index (χ1v) is 5.51. The van der Waals surface area contributed by atoms with E-state index in [9.17, 15) is 4.79 Å². The first-order valence-electron chi connectivity index (χ1n) is 4.63. The summed E-state index contributed by atoms with van der Waals surface area (Å²) in [6.45, 7) is 0. The van der Waals surface area contributed by atoms with Crippen LogP contribution in [0.1, 0.15) is 20.8 Å². The van der Waals surface area contributed by atoms with Crippen LogP contribution in [0.3, 0.4) is 0 Å². The van der Waals surface area contributed by atoms with Gasteiger partial charge in [-0.05, 0) is 24.0 Å². The van der Waals surface area contributed by atoms with Crippen LogP contribution in [0.5, 0.6) is 0 Å². The molecule has 3 rings (SSSR count). The number of H-pyrrole nitrogens is 1. The van der Waals surface area contributed by atoms with Crippen LogP contribution in [0.15, 0.2) is 11.6 Å². The number of fused-ring (bicyclic) bond motifs is 3. The highest BCUT2D eigenvalue weighted by Crippen LogP contribution is 2.37. The van der Waals surface area contributed by atoms with Crippen LogP contribution in [0.2, 0.25) is 0 Å². The molecule has 0 aromatic carbocycles. The molecule has 0 radical (unpaired) electrons. The third-order valence-electron chi connectivity index (χ3n) is 2.72. The molecule has 0 atom stereocenters. The number of aromatic amines is 1. The van der Waals surface area contributed by atoms with E-state index in [1.165, 1.54) is 16.9 Å². The molecule has 0 bridgehead atoms. The Morgan fingerprint density at radius 2 is 2.40 bits per heavy atom. The van der Waals surface area contributed by atoms with E-state index in [1.54, 1.807) is 0 Å². The number of aromatic nitrogens is 2. The fraction of sp³-hybridized carbons (Fsp3) is 0.200. The maximum Gasteiger partial charge on any atom is 0.346 e. The van der Waals surface area contributed by atoms with Crippen molar-refractivity contribution in [1.29, 1.82) is 0 Å². The SMILES string of the molecule is O=C(O)c1scc2c1CCc1cn[nH]c1-2. The van der Waals surface area contributed by atoms with Gasteiger partial charge in [-0.25, -0.2) is 4.79 Å². The largest absolute Gasteiger partial charge is 0.477 e. The number of aryl methyl sites for hydroxylation is 1. The number of hydrogen-bond donors (Lipinski definition) is 2. The van der Waals surface area contributed by atoms with E-state index in [0.717, 1.165) is 29.7 Å². The normalized spacial score (nSPS) is 13.3. The van der Waals surface area contributed by atoms with Gasteiger partial charge in [0.05, 0.1) is 11.9 Å². The third kappa shape index (κ3) is 1.13. The van der Waals surface area contributed by atoms with Gasteiger partial charge in [-0.2, -0.15) is 5.10 Å². The van der Waals surface area contributed by atoms with Crippen LogP contribution >= 0.6 is 11.3 Å². The lowest BCUT2D eigenvalue weighted by Crippen LogP contribution is -2.05. The summed E-state index contributed by atoms with van der Waals surface area (Å²) < 4.78 is 0. The molecule has 0 spiro atoms. The van der Waals surface area contributed by atoms with E-state index in [2.05, 4.69) is 10.2 Å². The standard InChI is InChI=1S/C10H8N2O2S/c13-10(14)9-6-2-1-5-3-11-12-8(5)7(6)4-15-9/h3-4H,1-2H2,(H,11,12)(H,13,14). The minimum absolute atomic E-state index is 0.463. The van der Waals surface area contributed by atoms with Gasteiger partial charge in [0, 0.05) is 10.9 Å². The summed E-state index contributed by atoms with van der Waals surface area (Å²) in [6.07, 6.45) is 3.49. The zero-order chi connectivity index (χ0) is 10.4. The van der Waals surface area contributed by atoms with E-state index in [0.29, 0.717) is 4.88 Å². The number of aromatic carboxylic acids is 1. The van der Waals surface area contributed by atoms with Gasteiger partial charge in [-0.15, -0.1) is 11.3 Å². The van der Waals surface area contributed by atoms with Crippen LogP contribution in [-0.2, 0) is 12.8 Å². The molecule has 0 aliphatic heterocycles. The number of carboxylic acid groups (broad SMARTS) is 1. The zero-order valence-electron chi connectivity index (χ0n) is 7.78. The van der Waals surface area contributed by atoms with Crippen LogP contribution in [-0.4, -0.2) is 21.3 Å². The third-order valence-corrected chi connectivity index (χ3v) is 3.73. The van der Waals surface area contributed by atoms with Crippen LogP contribution in [0.25, 0.3) is 11.3 Å². The molecule has 0 fully saturated rings. The van der Waals surface area contributed by atoms with Gasteiger partial charge in [0.25, 0.3) is 0 Å². The van der Waals surface area contributed by atoms with E-state index in [4.69, 9.17) is 5.11 Å². The first kappa shape index (κ1) is 8.67. The summed E-state index contributed by atoms with van der Waals surface area (Å²) in [5.41, 5.74) is 4.12. The lowest BCUT2D eigenvalue weighted by atomic mass is 9.92. The van der Waals surface area contributed by atoms with Crippen molar-refractivity contribution < 1.29 is 9.90 Å². The highest BCUT2D eigenvalue weighted by Gasteiger charge is 2.24. The second kappa shape index (κ2) is 2.93. The lowest BCUT2D eigenvalue weighted by Gasteiger charge is -2.11. The molecule has 2 aromatic heterocycles. The Labute approximate surface area is 89.6 Å². The Kier molecular flexibility index (Phi) is 1.70. The van der Waals surface area contributed by atoms with Gasteiger partial charge in [0.2, 0.25) is 0 Å². The molecule has 0 amide bonds. The van der Waals surface area contributed by atoms with E-state index in [1.807, 2.05) is 11.6 Å². The number of carbonyl (C=O) groups is 1. The van der Waals surface area contributed by atoms with E-state index < -0.39 is 5.97 Å². The second-order valence-corrected chi connectivity index (χ2v) is 4.41. The molecular formula is C10H8N2O2S. The second-order valence-electron chi connectivity index (χ2n) is 3.53. The van der Waals surface area contributed by atoms with Gasteiger partial charge >= 0.3 is 5.97 Å².